The number of carbonyl (C=O) groups excluding carboxylic acids is 1. The van der Waals surface area contributed by atoms with E-state index in [0.29, 0.717) is 35.5 Å². The molecule has 0 radical (unpaired) electrons. The van der Waals surface area contributed by atoms with Crippen LogP contribution in [0.2, 0.25) is 0 Å². The van der Waals surface area contributed by atoms with Gasteiger partial charge < -0.3 is 15.5 Å². The van der Waals surface area contributed by atoms with Crippen LogP contribution < -0.4 is 15.5 Å². The van der Waals surface area contributed by atoms with E-state index in [-0.39, 0.29) is 11.7 Å². The number of thiocarbonyl (C=S) groups is 1. The number of carbonyl (C=O) groups is 1. The van der Waals surface area contributed by atoms with Gasteiger partial charge in [-0.05, 0) is 49.7 Å². The Kier molecular flexibility index (Phi) is 5.10. The first-order chi connectivity index (χ1) is 11.1. The molecule has 1 saturated heterocycles. The molecular weight excluding hydrogens is 313 g/mol. The van der Waals surface area contributed by atoms with Gasteiger partial charge >= 0.3 is 0 Å². The molecule has 1 aliphatic carbocycles. The van der Waals surface area contributed by atoms with Crippen LogP contribution in [-0.4, -0.2) is 23.6 Å². The van der Waals surface area contributed by atoms with Gasteiger partial charge in [-0.25, -0.2) is 4.39 Å². The minimum absolute atomic E-state index is 0.0241. The summed E-state index contributed by atoms with van der Waals surface area (Å²) in [6, 6.07) is 5.11. The SMILES string of the molecule is O=C1CCCN1c1cc(NC(=S)NC2CCCCC2)ccc1F. The number of anilines is 2. The molecule has 3 rings (SSSR count). The number of halogens is 1. The highest BCUT2D eigenvalue weighted by Crippen LogP contribution is 2.27. The molecule has 0 atom stereocenters. The average Bonchev–Trinajstić information content (AvgIpc) is 2.96. The lowest BCUT2D eigenvalue weighted by atomic mass is 9.96. The number of nitrogens with one attached hydrogen (secondary N) is 2. The van der Waals surface area contributed by atoms with E-state index in [0.717, 1.165) is 19.3 Å². The van der Waals surface area contributed by atoms with Gasteiger partial charge in [0.1, 0.15) is 5.82 Å². The van der Waals surface area contributed by atoms with E-state index in [9.17, 15) is 9.18 Å². The molecule has 1 heterocycles. The van der Waals surface area contributed by atoms with Gasteiger partial charge in [-0.2, -0.15) is 0 Å². The molecule has 6 heteroatoms. The molecule has 1 aliphatic heterocycles. The summed E-state index contributed by atoms with van der Waals surface area (Å²) < 4.78 is 14.0. The highest BCUT2D eigenvalue weighted by molar-refractivity contribution is 7.80. The summed E-state index contributed by atoms with van der Waals surface area (Å²) in [5.74, 6) is -0.402. The van der Waals surface area contributed by atoms with Crippen LogP contribution in [-0.2, 0) is 4.79 Å². The molecule has 1 aromatic carbocycles. The smallest absolute Gasteiger partial charge is 0.227 e. The van der Waals surface area contributed by atoms with Crippen molar-refractivity contribution in [2.45, 2.75) is 51.0 Å². The van der Waals surface area contributed by atoms with Crippen molar-refractivity contribution in [3.63, 3.8) is 0 Å². The Morgan fingerprint density at radius 3 is 2.70 bits per heavy atom. The van der Waals surface area contributed by atoms with Gasteiger partial charge in [0.25, 0.3) is 0 Å². The fourth-order valence-corrected chi connectivity index (χ4v) is 3.58. The Morgan fingerprint density at radius 2 is 2.00 bits per heavy atom. The van der Waals surface area contributed by atoms with Gasteiger partial charge in [0.05, 0.1) is 5.69 Å². The topological polar surface area (TPSA) is 44.4 Å². The molecule has 1 aromatic rings. The summed E-state index contributed by atoms with van der Waals surface area (Å²) in [6.45, 7) is 0.573. The van der Waals surface area contributed by atoms with E-state index in [1.54, 1.807) is 12.1 Å². The van der Waals surface area contributed by atoms with Crippen molar-refractivity contribution in [2.75, 3.05) is 16.8 Å². The summed E-state index contributed by atoms with van der Waals surface area (Å²) in [5, 5.41) is 6.99. The Hall–Kier alpha value is -1.69. The summed E-state index contributed by atoms with van der Waals surface area (Å²) in [7, 11) is 0. The van der Waals surface area contributed by atoms with E-state index >= 15 is 0 Å². The lowest BCUT2D eigenvalue weighted by Gasteiger charge is -2.24. The van der Waals surface area contributed by atoms with Crippen molar-refractivity contribution in [3.8, 4) is 0 Å². The first-order valence-corrected chi connectivity index (χ1v) is 8.72. The molecule has 124 valence electrons. The van der Waals surface area contributed by atoms with Gasteiger partial charge in [0.15, 0.2) is 5.11 Å². The molecule has 1 saturated carbocycles. The first kappa shape index (κ1) is 16.2. The second-order valence-corrected chi connectivity index (χ2v) is 6.66. The Balaban J connectivity index is 1.65. The van der Waals surface area contributed by atoms with Crippen LogP contribution in [0.3, 0.4) is 0 Å². The summed E-state index contributed by atoms with van der Waals surface area (Å²) >= 11 is 5.35. The van der Waals surface area contributed by atoms with Crippen molar-refractivity contribution >= 4 is 34.6 Å². The molecule has 1 amide bonds. The molecule has 2 N–H and O–H groups in total. The predicted octanol–water partition coefficient (Wildman–Crippen LogP) is 3.57. The largest absolute Gasteiger partial charge is 0.360 e. The number of hydrogen-bond donors (Lipinski definition) is 2. The minimum Gasteiger partial charge on any atom is -0.360 e. The highest BCUT2D eigenvalue weighted by atomic mass is 32.1. The molecule has 2 aliphatic rings. The number of rotatable bonds is 3. The standard InChI is InChI=1S/C17H22FN3OS/c18-14-9-8-13(11-15(14)21-10-4-7-16(21)22)20-17(23)19-12-5-2-1-3-6-12/h8-9,11-12H,1-7,10H2,(H2,19,20,23). The maximum atomic E-state index is 14.0. The fraction of sp³-hybridized carbons (Fsp3) is 0.529. The fourth-order valence-electron chi connectivity index (χ4n) is 3.30. The van der Waals surface area contributed by atoms with Crippen molar-refractivity contribution in [1.29, 1.82) is 0 Å². The van der Waals surface area contributed by atoms with Crippen molar-refractivity contribution < 1.29 is 9.18 Å². The van der Waals surface area contributed by atoms with Crippen LogP contribution in [0.4, 0.5) is 15.8 Å². The van der Waals surface area contributed by atoms with Crippen LogP contribution in [0, 0.1) is 5.82 Å². The number of amides is 1. The van der Waals surface area contributed by atoms with E-state index < -0.39 is 0 Å². The normalized spacial score (nSPS) is 19.0. The second-order valence-electron chi connectivity index (χ2n) is 6.25. The van der Waals surface area contributed by atoms with Crippen LogP contribution in [0.25, 0.3) is 0 Å². The van der Waals surface area contributed by atoms with E-state index in [2.05, 4.69) is 10.6 Å². The van der Waals surface area contributed by atoms with E-state index in [1.165, 1.54) is 30.2 Å². The highest BCUT2D eigenvalue weighted by Gasteiger charge is 2.24. The zero-order chi connectivity index (χ0) is 16.2. The van der Waals surface area contributed by atoms with Gasteiger partial charge in [-0.3, -0.25) is 4.79 Å². The second kappa shape index (κ2) is 7.25. The van der Waals surface area contributed by atoms with Crippen LogP contribution in [0.5, 0.6) is 0 Å². The van der Waals surface area contributed by atoms with Gasteiger partial charge in [-0.1, -0.05) is 19.3 Å². The maximum Gasteiger partial charge on any atom is 0.227 e. The third kappa shape index (κ3) is 3.99. The third-order valence-corrected chi connectivity index (χ3v) is 4.73. The molecule has 0 unspecified atom stereocenters. The summed E-state index contributed by atoms with van der Waals surface area (Å²) in [5.41, 5.74) is 1.03. The molecule has 4 nitrogen and oxygen atoms in total. The Bertz CT molecular complexity index is 602. The predicted molar refractivity (Wildman–Crippen MR) is 94.2 cm³/mol. The molecule has 0 bridgehead atoms. The lowest BCUT2D eigenvalue weighted by molar-refractivity contribution is -0.117. The lowest BCUT2D eigenvalue weighted by Crippen LogP contribution is -2.38. The van der Waals surface area contributed by atoms with E-state index in [1.807, 2.05) is 0 Å². The molecule has 0 aromatic heterocycles. The van der Waals surface area contributed by atoms with E-state index in [4.69, 9.17) is 12.2 Å². The number of hydrogen-bond acceptors (Lipinski definition) is 2. The van der Waals surface area contributed by atoms with Crippen molar-refractivity contribution in [3.05, 3.63) is 24.0 Å². The zero-order valence-electron chi connectivity index (χ0n) is 13.1. The van der Waals surface area contributed by atoms with Gasteiger partial charge in [0, 0.05) is 24.7 Å². The minimum atomic E-state index is -0.378. The van der Waals surface area contributed by atoms with Crippen molar-refractivity contribution in [2.24, 2.45) is 0 Å². The molecule has 23 heavy (non-hydrogen) atoms. The van der Waals surface area contributed by atoms with Gasteiger partial charge in [0.2, 0.25) is 5.91 Å². The molecule has 2 fully saturated rings. The zero-order valence-corrected chi connectivity index (χ0v) is 13.9. The monoisotopic (exact) mass is 335 g/mol. The first-order valence-electron chi connectivity index (χ1n) is 8.31. The third-order valence-electron chi connectivity index (χ3n) is 4.51. The van der Waals surface area contributed by atoms with Crippen LogP contribution >= 0.6 is 12.2 Å². The summed E-state index contributed by atoms with van der Waals surface area (Å²) in [4.78, 5) is 13.3. The number of nitrogens with zero attached hydrogens (tertiary/aromatic N) is 1. The molecular formula is C17H22FN3OS. The Morgan fingerprint density at radius 1 is 1.22 bits per heavy atom. The van der Waals surface area contributed by atoms with Crippen LogP contribution in [0.15, 0.2) is 18.2 Å². The summed E-state index contributed by atoms with van der Waals surface area (Å²) in [6.07, 6.45) is 7.30. The molecule has 0 spiro atoms. The van der Waals surface area contributed by atoms with Crippen molar-refractivity contribution in [1.82, 2.24) is 5.32 Å². The quantitative estimate of drug-likeness (QED) is 0.829. The van der Waals surface area contributed by atoms with Crippen LogP contribution in [0.1, 0.15) is 44.9 Å². The Labute approximate surface area is 141 Å². The van der Waals surface area contributed by atoms with Gasteiger partial charge in [-0.15, -0.1) is 0 Å². The number of benzene rings is 1. The average molecular weight is 335 g/mol. The maximum absolute atomic E-state index is 14.0.